The number of rotatable bonds is 5. The van der Waals surface area contributed by atoms with Gasteiger partial charge in [-0.2, -0.15) is 0 Å². The fraction of sp³-hybridized carbons (Fsp3) is 0.500. The molecule has 3 fully saturated rings. The van der Waals surface area contributed by atoms with Crippen LogP contribution in [0, 0.1) is 5.92 Å². The van der Waals surface area contributed by atoms with Crippen molar-refractivity contribution in [1.82, 2.24) is 14.7 Å². The maximum absolute atomic E-state index is 14.5. The lowest BCUT2D eigenvalue weighted by atomic mass is 9.81. The predicted octanol–water partition coefficient (Wildman–Crippen LogP) is 6.59. The van der Waals surface area contributed by atoms with Crippen LogP contribution < -0.4 is 0 Å². The van der Waals surface area contributed by atoms with Crippen LogP contribution in [0.3, 0.4) is 0 Å². The Labute approximate surface area is 278 Å². The molecule has 0 radical (unpaired) electrons. The summed E-state index contributed by atoms with van der Waals surface area (Å²) in [6, 6.07) is 15.0. The number of amides is 2. The van der Waals surface area contributed by atoms with Crippen molar-refractivity contribution < 1.29 is 19.1 Å². The molecular formula is C34H38Cl2N4O4S. The predicted molar refractivity (Wildman–Crippen MR) is 177 cm³/mol. The fourth-order valence-corrected chi connectivity index (χ4v) is 9.19. The monoisotopic (exact) mass is 668 g/mol. The molecule has 0 saturated carbocycles. The molecule has 5 heterocycles. The summed E-state index contributed by atoms with van der Waals surface area (Å²) in [5.41, 5.74) is 2.36. The number of nitrogens with zero attached hydrogens (tertiary/aromatic N) is 4. The van der Waals surface area contributed by atoms with E-state index in [1.807, 2.05) is 67.3 Å². The Morgan fingerprint density at radius 3 is 2.16 bits per heavy atom. The summed E-state index contributed by atoms with van der Waals surface area (Å²) in [5, 5.41) is 2.11. The molecule has 5 aliphatic rings. The minimum absolute atomic E-state index is 0.0258. The van der Waals surface area contributed by atoms with Gasteiger partial charge < -0.3 is 24.2 Å². The lowest BCUT2D eigenvalue weighted by molar-refractivity contribution is -0.162. The zero-order chi connectivity index (χ0) is 31.8. The summed E-state index contributed by atoms with van der Waals surface area (Å²) in [6.07, 6.45) is 1.15. The second-order valence-electron chi connectivity index (χ2n) is 13.5. The van der Waals surface area contributed by atoms with E-state index in [0.29, 0.717) is 41.0 Å². The van der Waals surface area contributed by atoms with Gasteiger partial charge in [0.05, 0.1) is 6.04 Å². The second kappa shape index (κ2) is 11.3. The Hall–Kier alpha value is -2.56. The van der Waals surface area contributed by atoms with Crippen LogP contribution in [0.1, 0.15) is 64.6 Å². The number of halogens is 2. The van der Waals surface area contributed by atoms with Gasteiger partial charge in [0.15, 0.2) is 11.0 Å². The first-order valence-electron chi connectivity index (χ1n) is 15.6. The minimum Gasteiger partial charge on any atom is -0.343 e. The van der Waals surface area contributed by atoms with Gasteiger partial charge in [-0.3, -0.25) is 9.59 Å². The van der Waals surface area contributed by atoms with Crippen LogP contribution in [0.4, 0.5) is 0 Å². The molecule has 0 aliphatic carbocycles. The SMILES string of the molecule is CC(C)C1=C(C(=O)N2CCC[C@H]2C(=O)N2C[C@@H]3OC(C)(C)O[C@@H]3C2)SC2=N[C@@](C)(c3ccc(Cl)cc3)[C@@H](c3ccc(Cl)cc3)N21. The molecule has 5 aliphatic heterocycles. The highest BCUT2D eigenvalue weighted by atomic mass is 35.5. The third-order valence-electron chi connectivity index (χ3n) is 9.56. The van der Waals surface area contributed by atoms with E-state index in [4.69, 9.17) is 37.7 Å². The molecule has 2 amide bonds. The van der Waals surface area contributed by atoms with Crippen molar-refractivity contribution in [1.29, 1.82) is 0 Å². The summed E-state index contributed by atoms with van der Waals surface area (Å²) in [7, 11) is 0. The molecule has 0 unspecified atom stereocenters. The molecule has 5 atom stereocenters. The van der Waals surface area contributed by atoms with Crippen molar-refractivity contribution in [2.24, 2.45) is 10.9 Å². The Balaban J connectivity index is 1.21. The fourth-order valence-electron chi connectivity index (χ4n) is 7.58. The third kappa shape index (κ3) is 5.28. The molecule has 8 nitrogen and oxygen atoms in total. The van der Waals surface area contributed by atoms with Gasteiger partial charge in [0.2, 0.25) is 5.91 Å². The van der Waals surface area contributed by atoms with Crippen LogP contribution in [-0.2, 0) is 24.6 Å². The smallest absolute Gasteiger partial charge is 0.263 e. The number of carbonyl (C=O) groups is 2. The number of likely N-dealkylation sites (tertiary alicyclic amines) is 2. The van der Waals surface area contributed by atoms with Crippen molar-refractivity contribution in [2.45, 2.75) is 83.1 Å². The molecule has 0 aromatic heterocycles. The topological polar surface area (TPSA) is 74.7 Å². The zero-order valence-corrected chi connectivity index (χ0v) is 28.5. The number of fused-ring (bicyclic) bond motifs is 2. The normalized spacial score (nSPS) is 30.4. The molecule has 7 rings (SSSR count). The number of hydrogen-bond donors (Lipinski definition) is 0. The van der Waals surface area contributed by atoms with Crippen molar-refractivity contribution >= 4 is 51.9 Å². The number of ether oxygens (including phenoxy) is 2. The summed E-state index contributed by atoms with van der Waals surface area (Å²) in [5.74, 6) is -0.739. The molecule has 2 aromatic rings. The Kier molecular flexibility index (Phi) is 7.80. The van der Waals surface area contributed by atoms with Gasteiger partial charge in [-0.05, 0) is 86.7 Å². The highest BCUT2D eigenvalue weighted by Gasteiger charge is 2.55. The van der Waals surface area contributed by atoms with Crippen molar-refractivity contribution in [3.05, 3.63) is 80.3 Å². The lowest BCUT2D eigenvalue weighted by Crippen LogP contribution is -2.48. The quantitative estimate of drug-likeness (QED) is 0.358. The third-order valence-corrected chi connectivity index (χ3v) is 11.1. The molecule has 2 aromatic carbocycles. The molecule has 45 heavy (non-hydrogen) atoms. The number of benzene rings is 2. The van der Waals surface area contributed by atoms with Crippen LogP contribution in [0.2, 0.25) is 10.0 Å². The Morgan fingerprint density at radius 2 is 1.56 bits per heavy atom. The average molecular weight is 670 g/mol. The zero-order valence-electron chi connectivity index (χ0n) is 26.1. The van der Waals surface area contributed by atoms with Crippen LogP contribution >= 0.6 is 35.0 Å². The van der Waals surface area contributed by atoms with Crippen molar-refractivity contribution in [3.8, 4) is 0 Å². The van der Waals surface area contributed by atoms with E-state index in [2.05, 4.69) is 25.7 Å². The van der Waals surface area contributed by atoms with E-state index in [-0.39, 0.29) is 36.0 Å². The molecule has 0 bridgehead atoms. The number of aliphatic imine (C=N–C) groups is 1. The van der Waals surface area contributed by atoms with Crippen LogP contribution in [-0.4, -0.2) is 75.4 Å². The van der Waals surface area contributed by atoms with Gasteiger partial charge >= 0.3 is 0 Å². The number of carbonyl (C=O) groups excluding carboxylic acids is 2. The highest BCUT2D eigenvalue weighted by molar-refractivity contribution is 8.18. The first kappa shape index (κ1) is 31.1. The number of amidine groups is 1. The summed E-state index contributed by atoms with van der Waals surface area (Å²) < 4.78 is 12.0. The van der Waals surface area contributed by atoms with Gasteiger partial charge in [-0.25, -0.2) is 4.99 Å². The summed E-state index contributed by atoms with van der Waals surface area (Å²) in [4.78, 5) is 40.1. The molecule has 0 spiro atoms. The molecule has 11 heteroatoms. The average Bonchev–Trinajstić information content (AvgIpc) is 3.78. The first-order chi connectivity index (χ1) is 21.4. The van der Waals surface area contributed by atoms with E-state index in [1.54, 1.807) is 4.90 Å². The van der Waals surface area contributed by atoms with E-state index < -0.39 is 17.4 Å². The van der Waals surface area contributed by atoms with Crippen LogP contribution in [0.15, 0.2) is 64.1 Å². The summed E-state index contributed by atoms with van der Waals surface area (Å²) in [6.45, 7) is 11.7. The largest absolute Gasteiger partial charge is 0.343 e. The standard InChI is InChI=1S/C34H38Cl2N4O4S/c1-19(2)27-28(31(42)39-16-6-7-24(39)30(41)38-17-25-26(18-38)44-33(3,4)43-25)45-32-37-34(5,21-10-14-23(36)15-11-21)29(40(27)32)20-8-12-22(35)13-9-20/h8-15,19,24-26,29H,6-7,16-18H2,1-5H3/t24-,25-,26+,29+,34-/m0/s1. The van der Waals surface area contributed by atoms with Gasteiger partial charge in [0, 0.05) is 35.4 Å². The highest BCUT2D eigenvalue weighted by Crippen LogP contribution is 2.56. The Bertz CT molecular complexity index is 1580. The van der Waals surface area contributed by atoms with Gasteiger partial charge in [-0.1, -0.05) is 61.3 Å². The van der Waals surface area contributed by atoms with Gasteiger partial charge in [0.25, 0.3) is 5.91 Å². The summed E-state index contributed by atoms with van der Waals surface area (Å²) >= 11 is 14.0. The van der Waals surface area contributed by atoms with Crippen molar-refractivity contribution in [2.75, 3.05) is 19.6 Å². The molecule has 3 saturated heterocycles. The second-order valence-corrected chi connectivity index (χ2v) is 15.3. The van der Waals surface area contributed by atoms with Gasteiger partial charge in [0.1, 0.15) is 28.7 Å². The molecule has 0 N–H and O–H groups in total. The maximum Gasteiger partial charge on any atom is 0.263 e. The maximum atomic E-state index is 14.5. The molecule has 238 valence electrons. The number of hydrogen-bond acceptors (Lipinski definition) is 7. The van der Waals surface area contributed by atoms with Crippen LogP contribution in [0.5, 0.6) is 0 Å². The minimum atomic E-state index is -0.645. The van der Waals surface area contributed by atoms with Crippen molar-refractivity contribution in [3.63, 3.8) is 0 Å². The van der Waals surface area contributed by atoms with Gasteiger partial charge in [-0.15, -0.1) is 0 Å². The van der Waals surface area contributed by atoms with Crippen LogP contribution in [0.25, 0.3) is 0 Å². The molecular weight excluding hydrogens is 631 g/mol. The van der Waals surface area contributed by atoms with E-state index in [0.717, 1.165) is 28.4 Å². The van der Waals surface area contributed by atoms with E-state index >= 15 is 0 Å². The number of allylic oxidation sites excluding steroid dienone is 1. The van der Waals surface area contributed by atoms with E-state index in [9.17, 15) is 9.59 Å². The lowest BCUT2D eigenvalue weighted by Gasteiger charge is -2.37. The first-order valence-corrected chi connectivity index (χ1v) is 17.2. The van der Waals surface area contributed by atoms with E-state index in [1.165, 1.54) is 11.8 Å². The Morgan fingerprint density at radius 1 is 0.956 bits per heavy atom. The number of thioether (sulfide) groups is 1.